The number of amides is 1. The monoisotopic (exact) mass is 379 g/mol. The van der Waals surface area contributed by atoms with E-state index in [1.165, 1.54) is 11.1 Å². The average Bonchev–Trinajstić information content (AvgIpc) is 2.72. The minimum absolute atomic E-state index is 0.0145. The molecule has 0 unspecified atom stereocenters. The van der Waals surface area contributed by atoms with Crippen molar-refractivity contribution in [2.24, 2.45) is 0 Å². The van der Waals surface area contributed by atoms with Gasteiger partial charge in [0.25, 0.3) is 0 Å². The van der Waals surface area contributed by atoms with E-state index >= 15 is 0 Å². The summed E-state index contributed by atoms with van der Waals surface area (Å²) in [5.74, 6) is 1.55. The van der Waals surface area contributed by atoms with Crippen molar-refractivity contribution in [3.63, 3.8) is 0 Å². The van der Waals surface area contributed by atoms with Gasteiger partial charge in [-0.2, -0.15) is 0 Å². The summed E-state index contributed by atoms with van der Waals surface area (Å²) in [7, 11) is 0. The van der Waals surface area contributed by atoms with Crippen molar-refractivity contribution in [1.29, 1.82) is 0 Å². The van der Waals surface area contributed by atoms with Gasteiger partial charge < -0.3 is 10.1 Å². The minimum atomic E-state index is -0.195. The molecule has 0 spiro atoms. The summed E-state index contributed by atoms with van der Waals surface area (Å²) in [4.78, 5) is 12.7. The lowest BCUT2D eigenvalue weighted by Crippen LogP contribution is -2.44. The van der Waals surface area contributed by atoms with Crippen molar-refractivity contribution in [1.82, 2.24) is 5.32 Å². The quantitative estimate of drug-likeness (QED) is 0.646. The summed E-state index contributed by atoms with van der Waals surface area (Å²) < 4.78 is 6.34. The largest absolute Gasteiger partial charge is 0.487 e. The van der Waals surface area contributed by atoms with Crippen molar-refractivity contribution >= 4 is 5.91 Å². The number of nitrogens with one attached hydrogen (secondary N) is 1. The third-order valence-corrected chi connectivity index (χ3v) is 6.11. The molecule has 0 saturated heterocycles. The SMILES string of the molecule is CCC1(CC)C[C@H](NC(=O)CCc2ccc(C(C)C)cc2)c2ccccc2O1. The standard InChI is InChI=1S/C25H33NO2/c1-5-25(6-2)17-22(21-9-7-8-10-23(21)28-25)26-24(27)16-13-19-11-14-20(15-12-19)18(3)4/h7-12,14-15,18,22H,5-6,13,16-17H2,1-4H3,(H,26,27)/t22-/m0/s1. The van der Waals surface area contributed by atoms with Crippen LogP contribution in [0.3, 0.4) is 0 Å². The molecule has 2 aromatic carbocycles. The molecule has 3 rings (SSSR count). The highest BCUT2D eigenvalue weighted by Crippen LogP contribution is 2.42. The van der Waals surface area contributed by atoms with Crippen molar-refractivity contribution < 1.29 is 9.53 Å². The zero-order valence-electron chi connectivity index (χ0n) is 17.6. The van der Waals surface area contributed by atoms with E-state index in [-0.39, 0.29) is 17.6 Å². The first-order chi connectivity index (χ1) is 13.5. The van der Waals surface area contributed by atoms with Gasteiger partial charge in [0.15, 0.2) is 0 Å². The lowest BCUT2D eigenvalue weighted by atomic mass is 9.83. The summed E-state index contributed by atoms with van der Waals surface area (Å²) >= 11 is 0. The van der Waals surface area contributed by atoms with Crippen molar-refractivity contribution in [2.75, 3.05) is 0 Å². The molecule has 28 heavy (non-hydrogen) atoms. The van der Waals surface area contributed by atoms with Crippen LogP contribution in [0.1, 0.15) is 82.0 Å². The van der Waals surface area contributed by atoms with E-state index in [1.807, 2.05) is 18.2 Å². The summed E-state index contributed by atoms with van der Waals surface area (Å²) in [6, 6.07) is 16.7. The second-order valence-electron chi connectivity index (χ2n) is 8.25. The Morgan fingerprint density at radius 1 is 1.11 bits per heavy atom. The maximum Gasteiger partial charge on any atom is 0.220 e. The van der Waals surface area contributed by atoms with Crippen LogP contribution in [0.5, 0.6) is 5.75 Å². The van der Waals surface area contributed by atoms with Gasteiger partial charge in [-0.15, -0.1) is 0 Å². The first-order valence-electron chi connectivity index (χ1n) is 10.6. The van der Waals surface area contributed by atoms with Crippen LogP contribution >= 0.6 is 0 Å². The molecule has 3 nitrogen and oxygen atoms in total. The molecule has 0 radical (unpaired) electrons. The van der Waals surface area contributed by atoms with Gasteiger partial charge >= 0.3 is 0 Å². The molecule has 1 aliphatic heterocycles. The third-order valence-electron chi connectivity index (χ3n) is 6.11. The molecule has 0 saturated carbocycles. The smallest absolute Gasteiger partial charge is 0.220 e. The van der Waals surface area contributed by atoms with Gasteiger partial charge in [0, 0.05) is 18.4 Å². The number of aryl methyl sites for hydroxylation is 1. The molecule has 1 N–H and O–H groups in total. The Kier molecular flexibility index (Phi) is 6.43. The van der Waals surface area contributed by atoms with Crippen LogP contribution in [0.15, 0.2) is 48.5 Å². The third kappa shape index (κ3) is 4.57. The molecule has 1 aliphatic rings. The summed E-state index contributed by atoms with van der Waals surface area (Å²) in [6.45, 7) is 8.72. The van der Waals surface area contributed by atoms with Crippen molar-refractivity contribution in [3.8, 4) is 5.75 Å². The Hall–Kier alpha value is -2.29. The lowest BCUT2D eigenvalue weighted by molar-refractivity contribution is -0.122. The number of carbonyl (C=O) groups is 1. The molecular formula is C25H33NO2. The number of rotatable bonds is 7. The molecular weight excluding hydrogens is 346 g/mol. The highest BCUT2D eigenvalue weighted by atomic mass is 16.5. The first kappa shape index (κ1) is 20.4. The van der Waals surface area contributed by atoms with E-state index in [1.54, 1.807) is 0 Å². The fourth-order valence-electron chi connectivity index (χ4n) is 4.02. The average molecular weight is 380 g/mol. The predicted octanol–water partition coefficient (Wildman–Crippen LogP) is 5.94. The second-order valence-corrected chi connectivity index (χ2v) is 8.25. The van der Waals surface area contributed by atoms with E-state index in [0.29, 0.717) is 12.3 Å². The Morgan fingerprint density at radius 3 is 2.43 bits per heavy atom. The molecule has 150 valence electrons. The predicted molar refractivity (Wildman–Crippen MR) is 115 cm³/mol. The van der Waals surface area contributed by atoms with Crippen molar-refractivity contribution in [3.05, 3.63) is 65.2 Å². The molecule has 1 atom stereocenters. The van der Waals surface area contributed by atoms with E-state index in [4.69, 9.17) is 4.74 Å². The fourth-order valence-corrected chi connectivity index (χ4v) is 4.02. The van der Waals surface area contributed by atoms with Crippen molar-refractivity contribution in [2.45, 2.75) is 77.4 Å². The van der Waals surface area contributed by atoms with Crippen LogP contribution in [0.4, 0.5) is 0 Å². The van der Waals surface area contributed by atoms with E-state index in [2.05, 4.69) is 63.3 Å². The number of carbonyl (C=O) groups excluding carboxylic acids is 1. The van der Waals surface area contributed by atoms with Crippen LogP contribution in [0.2, 0.25) is 0 Å². The molecule has 0 aliphatic carbocycles. The number of ether oxygens (including phenoxy) is 1. The molecule has 1 amide bonds. The van der Waals surface area contributed by atoms with Gasteiger partial charge in [-0.1, -0.05) is 70.2 Å². The Bertz CT molecular complexity index is 790. The number of para-hydroxylation sites is 1. The van der Waals surface area contributed by atoms with Gasteiger partial charge in [0.2, 0.25) is 5.91 Å². The Balaban J connectivity index is 1.65. The highest BCUT2D eigenvalue weighted by molar-refractivity contribution is 5.77. The molecule has 3 heteroatoms. The van der Waals surface area contributed by atoms with Crippen LogP contribution in [-0.4, -0.2) is 11.5 Å². The highest BCUT2D eigenvalue weighted by Gasteiger charge is 2.38. The maximum absolute atomic E-state index is 12.7. The first-order valence-corrected chi connectivity index (χ1v) is 10.6. The number of fused-ring (bicyclic) bond motifs is 1. The normalized spacial score (nSPS) is 17.7. The van der Waals surface area contributed by atoms with Crippen LogP contribution in [0.25, 0.3) is 0 Å². The lowest BCUT2D eigenvalue weighted by Gasteiger charge is -2.41. The fraction of sp³-hybridized carbons (Fsp3) is 0.480. The van der Waals surface area contributed by atoms with Gasteiger partial charge in [-0.25, -0.2) is 0 Å². The number of benzene rings is 2. The minimum Gasteiger partial charge on any atom is -0.487 e. The zero-order valence-corrected chi connectivity index (χ0v) is 17.6. The van der Waals surface area contributed by atoms with Gasteiger partial charge in [0.05, 0.1) is 6.04 Å². The second kappa shape index (κ2) is 8.81. The molecule has 2 aromatic rings. The van der Waals surface area contributed by atoms with E-state index in [0.717, 1.165) is 37.0 Å². The summed E-state index contributed by atoms with van der Waals surface area (Å²) in [6.07, 6.45) is 3.97. The molecule has 1 heterocycles. The van der Waals surface area contributed by atoms with Gasteiger partial charge in [0.1, 0.15) is 11.4 Å². The van der Waals surface area contributed by atoms with E-state index < -0.39 is 0 Å². The van der Waals surface area contributed by atoms with Crippen LogP contribution in [0, 0.1) is 0 Å². The van der Waals surface area contributed by atoms with Gasteiger partial charge in [-0.05, 0) is 42.4 Å². The van der Waals surface area contributed by atoms with Crippen LogP contribution < -0.4 is 10.1 Å². The molecule has 0 fully saturated rings. The Morgan fingerprint density at radius 2 is 1.79 bits per heavy atom. The topological polar surface area (TPSA) is 38.3 Å². The number of hydrogen-bond acceptors (Lipinski definition) is 2. The maximum atomic E-state index is 12.7. The summed E-state index contributed by atoms with van der Waals surface area (Å²) in [5, 5.41) is 3.28. The van der Waals surface area contributed by atoms with Gasteiger partial charge in [-0.3, -0.25) is 4.79 Å². The van der Waals surface area contributed by atoms with Crippen LogP contribution in [-0.2, 0) is 11.2 Å². The van der Waals surface area contributed by atoms with E-state index in [9.17, 15) is 4.79 Å². The molecule has 0 aromatic heterocycles. The zero-order chi connectivity index (χ0) is 20.1. The number of hydrogen-bond donors (Lipinski definition) is 1. The Labute approximate surface area is 169 Å². The molecule has 0 bridgehead atoms. The summed E-state index contributed by atoms with van der Waals surface area (Å²) in [5.41, 5.74) is 3.44.